The molecule has 1 aromatic rings. The van der Waals surface area contributed by atoms with E-state index < -0.39 is 0 Å². The van der Waals surface area contributed by atoms with Crippen LogP contribution in [0.15, 0.2) is 24.3 Å². The second-order valence-corrected chi connectivity index (χ2v) is 5.48. The van der Waals surface area contributed by atoms with Crippen LogP contribution in [-0.4, -0.2) is 18.6 Å². The number of benzene rings is 1. The quantitative estimate of drug-likeness (QED) is 0.871. The van der Waals surface area contributed by atoms with Crippen molar-refractivity contribution in [1.29, 1.82) is 0 Å². The van der Waals surface area contributed by atoms with Crippen LogP contribution in [0.2, 0.25) is 0 Å². The maximum Gasteiger partial charge on any atom is 0.216 e. The van der Waals surface area contributed by atoms with Crippen LogP contribution in [0, 0.1) is 0 Å². The molecule has 3 nitrogen and oxygen atoms in total. The zero-order chi connectivity index (χ0) is 13.8. The van der Waals surface area contributed by atoms with E-state index in [1.807, 2.05) is 26.0 Å². The van der Waals surface area contributed by atoms with E-state index in [1.165, 1.54) is 12.5 Å². The number of hydrogen-bond acceptors (Lipinski definition) is 2. The molecule has 1 aromatic carbocycles. The van der Waals surface area contributed by atoms with Gasteiger partial charge in [0.25, 0.3) is 0 Å². The minimum Gasteiger partial charge on any atom is -0.491 e. The Morgan fingerprint density at radius 1 is 1.28 bits per heavy atom. The second-order valence-electron chi connectivity index (χ2n) is 5.48. The fourth-order valence-electron chi connectivity index (χ4n) is 1.70. The highest BCUT2D eigenvalue weighted by atomic mass is 16.5. The maximum atomic E-state index is 11.0. The van der Waals surface area contributed by atoms with Crippen LogP contribution >= 0.6 is 0 Å². The van der Waals surface area contributed by atoms with Gasteiger partial charge in [-0.1, -0.05) is 26.0 Å². The van der Waals surface area contributed by atoms with E-state index in [4.69, 9.17) is 4.74 Å². The van der Waals surface area contributed by atoms with Gasteiger partial charge in [-0.3, -0.25) is 4.79 Å². The smallest absolute Gasteiger partial charge is 0.216 e. The summed E-state index contributed by atoms with van der Waals surface area (Å²) in [5.74, 6) is 0.881. The van der Waals surface area contributed by atoms with Crippen molar-refractivity contribution in [3.63, 3.8) is 0 Å². The van der Waals surface area contributed by atoms with Crippen molar-refractivity contribution in [1.82, 2.24) is 5.32 Å². The van der Waals surface area contributed by atoms with Gasteiger partial charge < -0.3 is 10.1 Å². The van der Waals surface area contributed by atoms with Crippen molar-refractivity contribution in [2.24, 2.45) is 0 Å². The largest absolute Gasteiger partial charge is 0.491 e. The highest BCUT2D eigenvalue weighted by molar-refractivity contribution is 5.72. The van der Waals surface area contributed by atoms with E-state index in [-0.39, 0.29) is 17.4 Å². The summed E-state index contributed by atoms with van der Waals surface area (Å²) in [6.45, 7) is 10.4. The van der Waals surface area contributed by atoms with Crippen molar-refractivity contribution >= 4 is 5.91 Å². The SMILES string of the molecule is CC(=O)NCC(C)(C)c1ccc(OC(C)C)cc1. The van der Waals surface area contributed by atoms with E-state index in [1.54, 1.807) is 0 Å². The van der Waals surface area contributed by atoms with Crippen LogP contribution in [0.5, 0.6) is 5.75 Å². The fourth-order valence-corrected chi connectivity index (χ4v) is 1.70. The van der Waals surface area contributed by atoms with Gasteiger partial charge in [-0.2, -0.15) is 0 Å². The van der Waals surface area contributed by atoms with Gasteiger partial charge in [0.1, 0.15) is 5.75 Å². The monoisotopic (exact) mass is 249 g/mol. The van der Waals surface area contributed by atoms with Gasteiger partial charge in [0.15, 0.2) is 0 Å². The number of ether oxygens (including phenoxy) is 1. The number of nitrogens with one attached hydrogen (secondary N) is 1. The first-order valence-corrected chi connectivity index (χ1v) is 6.33. The minimum atomic E-state index is -0.0813. The number of rotatable bonds is 5. The fraction of sp³-hybridized carbons (Fsp3) is 0.533. The first kappa shape index (κ1) is 14.6. The number of amides is 1. The van der Waals surface area contributed by atoms with Gasteiger partial charge in [0.05, 0.1) is 6.10 Å². The van der Waals surface area contributed by atoms with E-state index >= 15 is 0 Å². The van der Waals surface area contributed by atoms with Crippen LogP contribution in [0.1, 0.15) is 40.2 Å². The van der Waals surface area contributed by atoms with Gasteiger partial charge in [-0.05, 0) is 31.5 Å². The average molecular weight is 249 g/mol. The molecule has 3 heteroatoms. The van der Waals surface area contributed by atoms with E-state index in [9.17, 15) is 4.79 Å². The maximum absolute atomic E-state index is 11.0. The molecule has 0 saturated carbocycles. The summed E-state index contributed by atoms with van der Waals surface area (Å²) >= 11 is 0. The molecule has 0 unspecified atom stereocenters. The molecule has 0 spiro atoms. The van der Waals surface area contributed by atoms with E-state index in [0.717, 1.165) is 5.75 Å². The minimum absolute atomic E-state index is 0.00263. The zero-order valence-corrected chi connectivity index (χ0v) is 11.9. The Morgan fingerprint density at radius 2 is 1.83 bits per heavy atom. The number of carbonyl (C=O) groups is 1. The van der Waals surface area contributed by atoms with Crippen molar-refractivity contribution in [3.05, 3.63) is 29.8 Å². The highest BCUT2D eigenvalue weighted by Crippen LogP contribution is 2.24. The molecular formula is C15H23NO2. The van der Waals surface area contributed by atoms with Crippen LogP contribution in [0.3, 0.4) is 0 Å². The summed E-state index contributed by atoms with van der Waals surface area (Å²) < 4.78 is 5.61. The molecule has 0 aliphatic carbocycles. The molecule has 0 aliphatic rings. The predicted octanol–water partition coefficient (Wildman–Crippen LogP) is 2.89. The molecule has 0 saturated heterocycles. The molecule has 18 heavy (non-hydrogen) atoms. The van der Waals surface area contributed by atoms with Gasteiger partial charge in [0, 0.05) is 18.9 Å². The molecule has 0 bridgehead atoms. The molecule has 0 heterocycles. The van der Waals surface area contributed by atoms with Crippen molar-refractivity contribution in [3.8, 4) is 5.75 Å². The molecule has 0 aliphatic heterocycles. The Balaban J connectivity index is 2.73. The van der Waals surface area contributed by atoms with Gasteiger partial charge in [0.2, 0.25) is 5.91 Å². The Bertz CT molecular complexity index is 393. The van der Waals surface area contributed by atoms with Crippen LogP contribution in [0.4, 0.5) is 0 Å². The molecule has 1 amide bonds. The van der Waals surface area contributed by atoms with Gasteiger partial charge >= 0.3 is 0 Å². The normalized spacial score (nSPS) is 11.4. The molecule has 0 fully saturated rings. The summed E-state index contributed by atoms with van der Waals surface area (Å²) in [5.41, 5.74) is 1.11. The van der Waals surface area contributed by atoms with Crippen LogP contribution in [-0.2, 0) is 10.2 Å². The topological polar surface area (TPSA) is 38.3 Å². The Labute approximate surface area is 110 Å². The molecule has 100 valence electrons. The first-order chi connectivity index (χ1) is 8.31. The van der Waals surface area contributed by atoms with Crippen LogP contribution in [0.25, 0.3) is 0 Å². The first-order valence-electron chi connectivity index (χ1n) is 6.33. The lowest BCUT2D eigenvalue weighted by molar-refractivity contribution is -0.119. The van der Waals surface area contributed by atoms with Crippen molar-refractivity contribution in [2.45, 2.75) is 46.1 Å². The lowest BCUT2D eigenvalue weighted by Gasteiger charge is -2.25. The summed E-state index contributed by atoms with van der Waals surface area (Å²) in [4.78, 5) is 11.0. The number of hydrogen-bond donors (Lipinski definition) is 1. The highest BCUT2D eigenvalue weighted by Gasteiger charge is 2.20. The Hall–Kier alpha value is -1.51. The van der Waals surface area contributed by atoms with Crippen molar-refractivity contribution in [2.75, 3.05) is 6.54 Å². The molecule has 0 aromatic heterocycles. The predicted molar refractivity (Wildman–Crippen MR) is 73.9 cm³/mol. The lowest BCUT2D eigenvalue weighted by Crippen LogP contribution is -2.35. The summed E-state index contributed by atoms with van der Waals surface area (Å²) in [6, 6.07) is 8.06. The Morgan fingerprint density at radius 3 is 2.28 bits per heavy atom. The molecule has 1 N–H and O–H groups in total. The van der Waals surface area contributed by atoms with Crippen molar-refractivity contribution < 1.29 is 9.53 Å². The van der Waals surface area contributed by atoms with E-state index in [0.29, 0.717) is 6.54 Å². The standard InChI is InChI=1S/C15H23NO2/c1-11(2)18-14-8-6-13(7-9-14)15(4,5)10-16-12(3)17/h6-9,11H,10H2,1-5H3,(H,16,17). The van der Waals surface area contributed by atoms with E-state index in [2.05, 4.69) is 31.3 Å². The zero-order valence-electron chi connectivity index (χ0n) is 11.9. The third-order valence-corrected chi connectivity index (χ3v) is 2.79. The second kappa shape index (κ2) is 5.89. The van der Waals surface area contributed by atoms with Gasteiger partial charge in [-0.25, -0.2) is 0 Å². The average Bonchev–Trinajstić information content (AvgIpc) is 2.26. The molecule has 1 rings (SSSR count). The molecular weight excluding hydrogens is 226 g/mol. The van der Waals surface area contributed by atoms with Crippen LogP contribution < -0.4 is 10.1 Å². The number of carbonyl (C=O) groups excluding carboxylic acids is 1. The third kappa shape index (κ3) is 4.40. The summed E-state index contributed by atoms with van der Waals surface area (Å²) in [6.07, 6.45) is 0.184. The molecule has 0 radical (unpaired) electrons. The van der Waals surface area contributed by atoms with Gasteiger partial charge in [-0.15, -0.1) is 0 Å². The lowest BCUT2D eigenvalue weighted by atomic mass is 9.84. The molecule has 0 atom stereocenters. The Kier molecular flexibility index (Phi) is 4.76. The summed E-state index contributed by atoms with van der Waals surface area (Å²) in [7, 11) is 0. The third-order valence-electron chi connectivity index (χ3n) is 2.79. The summed E-state index contributed by atoms with van der Waals surface area (Å²) in [5, 5.41) is 2.86.